The Bertz CT molecular complexity index is 956. The first-order valence-corrected chi connectivity index (χ1v) is 11.4. The van der Waals surface area contributed by atoms with Crippen LogP contribution in [0, 0.1) is 5.82 Å². The van der Waals surface area contributed by atoms with Crippen molar-refractivity contribution in [1.82, 2.24) is 0 Å². The second kappa shape index (κ2) is 8.68. The average molecular weight is 427 g/mol. The molecule has 2 heterocycles. The largest absolute Gasteiger partial charge is 0.379 e. The molecule has 0 spiro atoms. The number of piperidine rings is 1. The fraction of sp³-hybridized carbons (Fsp3) is 0.391. The van der Waals surface area contributed by atoms with Gasteiger partial charge in [-0.05, 0) is 75.1 Å². The molecule has 3 N–H and O–H groups in total. The van der Waals surface area contributed by atoms with E-state index in [9.17, 15) is 9.18 Å². The van der Waals surface area contributed by atoms with Gasteiger partial charge < -0.3 is 16.0 Å². The lowest BCUT2D eigenvalue weighted by Gasteiger charge is -2.30. The van der Waals surface area contributed by atoms with E-state index >= 15 is 0 Å². The first kappa shape index (κ1) is 20.7. The number of nitrogens with two attached hydrogens (primary N) is 1. The van der Waals surface area contributed by atoms with Gasteiger partial charge in [-0.3, -0.25) is 9.79 Å². The molecule has 0 aliphatic carbocycles. The number of amidine groups is 1. The molecular formula is C23H27FN4OS. The first-order chi connectivity index (χ1) is 14.4. The van der Waals surface area contributed by atoms with Gasteiger partial charge in [0.2, 0.25) is 0 Å². The minimum absolute atomic E-state index is 0.217. The zero-order valence-corrected chi connectivity index (χ0v) is 18.0. The highest BCUT2D eigenvalue weighted by Crippen LogP contribution is 2.37. The predicted octanol–water partition coefficient (Wildman–Crippen LogP) is 4.74. The number of hydrogen-bond donors (Lipinski definition) is 2. The van der Waals surface area contributed by atoms with Gasteiger partial charge in [0.1, 0.15) is 5.82 Å². The van der Waals surface area contributed by atoms with Crippen molar-refractivity contribution < 1.29 is 9.18 Å². The Morgan fingerprint density at radius 3 is 2.60 bits per heavy atom. The van der Waals surface area contributed by atoms with Crippen LogP contribution in [0.25, 0.3) is 0 Å². The molecular weight excluding hydrogens is 399 g/mol. The van der Waals surface area contributed by atoms with Gasteiger partial charge in [-0.25, -0.2) is 4.39 Å². The van der Waals surface area contributed by atoms with E-state index in [1.807, 2.05) is 31.2 Å². The number of rotatable bonds is 4. The Balaban J connectivity index is 1.50. The SMILES string of the molecule is CC1(c2cc(NC(=O)c3ccc(N4CCCCC4)cc3)ccc2F)CCSC(N)=N1. The van der Waals surface area contributed by atoms with Crippen LogP contribution in [0.5, 0.6) is 0 Å². The molecule has 0 saturated carbocycles. The summed E-state index contributed by atoms with van der Waals surface area (Å²) in [6.45, 7) is 4.01. The van der Waals surface area contributed by atoms with E-state index in [0.29, 0.717) is 28.4 Å². The van der Waals surface area contributed by atoms with Gasteiger partial charge >= 0.3 is 0 Å². The zero-order chi connectivity index (χ0) is 21.1. The highest BCUT2D eigenvalue weighted by Gasteiger charge is 2.32. The molecule has 0 aromatic heterocycles. The molecule has 2 aliphatic heterocycles. The van der Waals surface area contributed by atoms with E-state index < -0.39 is 5.54 Å². The number of anilines is 2. The van der Waals surface area contributed by atoms with Crippen molar-refractivity contribution in [2.75, 3.05) is 29.1 Å². The predicted molar refractivity (Wildman–Crippen MR) is 123 cm³/mol. The number of hydrogen-bond acceptors (Lipinski definition) is 5. The summed E-state index contributed by atoms with van der Waals surface area (Å²) in [5, 5.41) is 3.35. The van der Waals surface area contributed by atoms with Crippen LogP contribution in [0.15, 0.2) is 47.5 Å². The highest BCUT2D eigenvalue weighted by atomic mass is 32.2. The molecule has 2 aliphatic rings. The van der Waals surface area contributed by atoms with Crippen molar-refractivity contribution in [3.05, 3.63) is 59.4 Å². The number of halogens is 1. The minimum atomic E-state index is -0.726. The molecule has 1 fully saturated rings. The summed E-state index contributed by atoms with van der Waals surface area (Å²) in [6.07, 6.45) is 4.39. The number of nitrogens with zero attached hydrogens (tertiary/aromatic N) is 2. The molecule has 1 amide bonds. The maximum atomic E-state index is 14.6. The van der Waals surface area contributed by atoms with Crippen LogP contribution in [0.3, 0.4) is 0 Å². The smallest absolute Gasteiger partial charge is 0.255 e. The van der Waals surface area contributed by atoms with Crippen molar-refractivity contribution in [2.24, 2.45) is 10.7 Å². The van der Waals surface area contributed by atoms with E-state index in [1.54, 1.807) is 12.1 Å². The third-order valence-electron chi connectivity index (χ3n) is 5.85. The lowest BCUT2D eigenvalue weighted by atomic mass is 9.89. The Labute approximate surface area is 180 Å². The zero-order valence-electron chi connectivity index (χ0n) is 17.2. The molecule has 1 unspecified atom stereocenters. The summed E-state index contributed by atoms with van der Waals surface area (Å²) in [6, 6.07) is 12.3. The van der Waals surface area contributed by atoms with Crippen LogP contribution < -0.4 is 16.0 Å². The van der Waals surface area contributed by atoms with Gasteiger partial charge in [0, 0.05) is 41.3 Å². The number of nitrogens with one attached hydrogen (secondary N) is 1. The molecule has 4 rings (SSSR count). The van der Waals surface area contributed by atoms with Gasteiger partial charge in [-0.1, -0.05) is 11.8 Å². The molecule has 0 radical (unpaired) electrons. The van der Waals surface area contributed by atoms with Gasteiger partial charge in [0.05, 0.1) is 5.54 Å². The number of benzene rings is 2. The molecule has 2 aromatic rings. The van der Waals surface area contributed by atoms with Gasteiger partial charge in [-0.15, -0.1) is 0 Å². The fourth-order valence-corrected chi connectivity index (χ4v) is 5.05. The summed E-state index contributed by atoms with van der Waals surface area (Å²) in [5.41, 5.74) is 7.86. The summed E-state index contributed by atoms with van der Waals surface area (Å²) in [4.78, 5) is 19.6. The topological polar surface area (TPSA) is 70.7 Å². The Morgan fingerprint density at radius 1 is 1.17 bits per heavy atom. The van der Waals surface area contributed by atoms with Crippen molar-refractivity contribution in [3.63, 3.8) is 0 Å². The van der Waals surface area contributed by atoms with Gasteiger partial charge in [0.15, 0.2) is 5.17 Å². The summed E-state index contributed by atoms with van der Waals surface area (Å²) in [5.74, 6) is 0.223. The fourth-order valence-electron chi connectivity index (χ4n) is 4.08. The van der Waals surface area contributed by atoms with E-state index in [1.165, 1.54) is 37.1 Å². The first-order valence-electron chi connectivity index (χ1n) is 10.4. The van der Waals surface area contributed by atoms with Crippen LogP contribution in [0.4, 0.5) is 15.8 Å². The van der Waals surface area contributed by atoms with E-state index in [0.717, 1.165) is 24.5 Å². The Morgan fingerprint density at radius 2 is 1.90 bits per heavy atom. The summed E-state index contributed by atoms with van der Waals surface area (Å²) >= 11 is 1.48. The van der Waals surface area contributed by atoms with Crippen LogP contribution >= 0.6 is 11.8 Å². The number of carbonyl (C=O) groups is 1. The molecule has 0 bridgehead atoms. The lowest BCUT2D eigenvalue weighted by Crippen LogP contribution is -2.30. The molecule has 5 nitrogen and oxygen atoms in total. The molecule has 2 aromatic carbocycles. The van der Waals surface area contributed by atoms with E-state index in [4.69, 9.17) is 5.73 Å². The van der Waals surface area contributed by atoms with Crippen molar-refractivity contribution in [3.8, 4) is 0 Å². The number of thioether (sulfide) groups is 1. The lowest BCUT2D eigenvalue weighted by molar-refractivity contribution is 0.102. The Kier molecular flexibility index (Phi) is 5.99. The second-order valence-electron chi connectivity index (χ2n) is 8.07. The van der Waals surface area contributed by atoms with Crippen molar-refractivity contribution in [2.45, 2.75) is 38.1 Å². The maximum absolute atomic E-state index is 14.6. The number of aliphatic imine (C=N–C) groups is 1. The average Bonchev–Trinajstić information content (AvgIpc) is 2.75. The Hall–Kier alpha value is -2.54. The molecule has 1 saturated heterocycles. The number of amides is 1. The van der Waals surface area contributed by atoms with Crippen LogP contribution in [-0.4, -0.2) is 29.9 Å². The standard InChI is InChI=1S/C23H27FN4OS/c1-23(11-14-30-22(25)27-23)19-15-17(7-10-20(19)24)26-21(29)16-5-8-18(9-6-16)28-12-3-2-4-13-28/h5-10,15H,2-4,11-14H2,1H3,(H2,25,27)(H,26,29). The monoisotopic (exact) mass is 426 g/mol. The molecule has 158 valence electrons. The minimum Gasteiger partial charge on any atom is -0.379 e. The van der Waals surface area contributed by atoms with Crippen LogP contribution in [0.2, 0.25) is 0 Å². The second-order valence-corrected chi connectivity index (χ2v) is 9.18. The number of carbonyl (C=O) groups excluding carboxylic acids is 1. The van der Waals surface area contributed by atoms with E-state index in [2.05, 4.69) is 15.2 Å². The van der Waals surface area contributed by atoms with E-state index in [-0.39, 0.29) is 11.7 Å². The quantitative estimate of drug-likeness (QED) is 0.741. The summed E-state index contributed by atoms with van der Waals surface area (Å²) in [7, 11) is 0. The van der Waals surface area contributed by atoms with Crippen LogP contribution in [-0.2, 0) is 5.54 Å². The van der Waals surface area contributed by atoms with Gasteiger partial charge in [-0.2, -0.15) is 0 Å². The third kappa shape index (κ3) is 4.46. The molecule has 30 heavy (non-hydrogen) atoms. The third-order valence-corrected chi connectivity index (χ3v) is 6.65. The van der Waals surface area contributed by atoms with Crippen LogP contribution in [0.1, 0.15) is 48.5 Å². The maximum Gasteiger partial charge on any atom is 0.255 e. The molecule has 1 atom stereocenters. The normalized spacial score (nSPS) is 21.8. The van der Waals surface area contributed by atoms with Crippen molar-refractivity contribution in [1.29, 1.82) is 0 Å². The van der Waals surface area contributed by atoms with Crippen molar-refractivity contribution >= 4 is 34.2 Å². The van der Waals surface area contributed by atoms with Gasteiger partial charge in [0.25, 0.3) is 5.91 Å². The highest BCUT2D eigenvalue weighted by molar-refractivity contribution is 8.13. The summed E-state index contributed by atoms with van der Waals surface area (Å²) < 4.78 is 14.6. The molecule has 7 heteroatoms.